The van der Waals surface area contributed by atoms with Gasteiger partial charge in [-0.3, -0.25) is 58.2 Å². The van der Waals surface area contributed by atoms with E-state index in [2.05, 4.69) is 226 Å². The van der Waals surface area contributed by atoms with E-state index >= 15 is 0 Å². The van der Waals surface area contributed by atoms with Crippen molar-refractivity contribution in [1.82, 2.24) is 67.7 Å². The summed E-state index contributed by atoms with van der Waals surface area (Å²) in [5, 5.41) is 10.3. The number of pyridine rings is 6. The minimum atomic E-state index is 0.145. The van der Waals surface area contributed by atoms with Gasteiger partial charge < -0.3 is 24.3 Å². The van der Waals surface area contributed by atoms with Gasteiger partial charge in [-0.05, 0) is 254 Å². The van der Waals surface area contributed by atoms with Crippen LogP contribution in [0.25, 0.3) is 15.9 Å². The van der Waals surface area contributed by atoms with E-state index in [0.717, 1.165) is 199 Å². The Morgan fingerprint density at radius 3 is 1.70 bits per heavy atom. The number of ether oxygens (including phenoxy) is 1. The highest BCUT2D eigenvalue weighted by Crippen LogP contribution is 2.46. The predicted molar refractivity (Wildman–Crippen MR) is 410 cm³/mol. The van der Waals surface area contributed by atoms with Crippen molar-refractivity contribution < 1.29 is 4.74 Å². The SMILES string of the molecule is CCOCc1c([C@H]2CCC[C@@H](c3ncccc3C)N2C)nc2cc(CC(C)N3CCN(c4ccc(CCN5CCN(c6cccc7nc([C@H]8CCC[C@@H](c9ncccc9C)N8C)c(Br)n67)CC5)c(=N)n4/C(Br)=C(\C)[C@H]4CCC[C@@H](c5ncccc5C)N4C)CC3)cc(N3CCN(C)CC3)n12. The predicted octanol–water partition coefficient (Wildman–Crippen LogP) is 13.1. The van der Waals surface area contributed by atoms with Crippen LogP contribution in [0.3, 0.4) is 0 Å². The minimum Gasteiger partial charge on any atom is -0.375 e. The first kappa shape index (κ1) is 70.6. The molecule has 532 valence electrons. The molecule has 0 aliphatic carbocycles. The van der Waals surface area contributed by atoms with E-state index in [0.29, 0.717) is 24.7 Å². The molecule has 8 aromatic rings. The molecule has 0 saturated carbocycles. The highest BCUT2D eigenvalue weighted by molar-refractivity contribution is 9.14. The zero-order valence-electron chi connectivity index (χ0n) is 60.9. The molecule has 100 heavy (non-hydrogen) atoms. The summed E-state index contributed by atoms with van der Waals surface area (Å²) < 4.78 is 15.5. The summed E-state index contributed by atoms with van der Waals surface area (Å²) in [5.41, 5.74) is 16.9. The molecule has 0 aromatic carbocycles. The van der Waals surface area contributed by atoms with E-state index in [1.165, 1.54) is 62.2 Å². The molecule has 0 bridgehead atoms. The van der Waals surface area contributed by atoms with Gasteiger partial charge in [0, 0.05) is 122 Å². The van der Waals surface area contributed by atoms with Crippen molar-refractivity contribution in [1.29, 1.82) is 5.41 Å². The Bertz CT molecular complexity index is 4270. The maximum absolute atomic E-state index is 10.3. The van der Waals surface area contributed by atoms with Gasteiger partial charge in [0.25, 0.3) is 0 Å². The van der Waals surface area contributed by atoms with E-state index in [4.69, 9.17) is 29.7 Å². The molecule has 6 aliphatic heterocycles. The van der Waals surface area contributed by atoms with Crippen molar-refractivity contribution in [3.8, 4) is 0 Å². The Morgan fingerprint density at radius 2 is 1.10 bits per heavy atom. The lowest BCUT2D eigenvalue weighted by Crippen LogP contribution is -2.51. The number of imidazole rings is 2. The van der Waals surface area contributed by atoms with E-state index in [-0.39, 0.29) is 36.3 Å². The normalized spacial score (nSPS) is 23.7. The average molecular weight is 1480 g/mol. The molecule has 6 fully saturated rings. The number of nitrogens with one attached hydrogen (secondary N) is 1. The van der Waals surface area contributed by atoms with Crippen LogP contribution in [0.1, 0.15) is 171 Å². The van der Waals surface area contributed by atoms with Crippen LogP contribution in [0.5, 0.6) is 0 Å². The highest BCUT2D eigenvalue weighted by Gasteiger charge is 2.39. The third-order valence-electron chi connectivity index (χ3n) is 23.7. The fraction of sp³-hybridized carbons (Fsp3) is 0.544. The van der Waals surface area contributed by atoms with Gasteiger partial charge in [0.15, 0.2) is 0 Å². The van der Waals surface area contributed by atoms with Crippen LogP contribution in [0, 0.1) is 26.2 Å². The summed E-state index contributed by atoms with van der Waals surface area (Å²) in [4.78, 5) is 48.8. The summed E-state index contributed by atoms with van der Waals surface area (Å²) in [6.07, 6.45) is 17.3. The van der Waals surface area contributed by atoms with Crippen LogP contribution in [-0.2, 0) is 24.2 Å². The summed E-state index contributed by atoms with van der Waals surface area (Å²) in [7, 11) is 9.07. The first-order valence-electron chi connectivity index (χ1n) is 37.3. The molecule has 6 saturated heterocycles. The highest BCUT2D eigenvalue weighted by atomic mass is 79.9. The topological polar surface area (TPSA) is 140 Å². The third kappa shape index (κ3) is 14.1. The second-order valence-electron chi connectivity index (χ2n) is 29.7. The van der Waals surface area contributed by atoms with Crippen molar-refractivity contribution in [2.45, 2.75) is 161 Å². The Labute approximate surface area is 610 Å². The van der Waals surface area contributed by atoms with Gasteiger partial charge in [0.05, 0.1) is 75.6 Å². The third-order valence-corrected chi connectivity index (χ3v) is 25.4. The number of nitrogens with zero attached hydrogens (tertiary/aromatic N) is 17. The van der Waals surface area contributed by atoms with Gasteiger partial charge >= 0.3 is 0 Å². The molecule has 0 amide bonds. The summed E-state index contributed by atoms with van der Waals surface area (Å²) in [6, 6.07) is 30.3. The maximum atomic E-state index is 10.3. The molecule has 0 radical (unpaired) electrons. The quantitative estimate of drug-likeness (QED) is 0.0820. The number of aromatic nitrogens is 8. The number of likely N-dealkylation sites (tertiary alicyclic amines) is 3. The first-order chi connectivity index (χ1) is 48.5. The van der Waals surface area contributed by atoms with Crippen molar-refractivity contribution >= 4 is 65.2 Å². The van der Waals surface area contributed by atoms with Gasteiger partial charge in [0.1, 0.15) is 38.8 Å². The van der Waals surface area contributed by atoms with Gasteiger partial charge in [-0.1, -0.05) is 30.3 Å². The van der Waals surface area contributed by atoms with Crippen molar-refractivity contribution in [3.05, 3.63) is 175 Å². The van der Waals surface area contributed by atoms with E-state index < -0.39 is 0 Å². The van der Waals surface area contributed by atoms with Crippen LogP contribution in [0.15, 0.2) is 108 Å². The molecule has 1 unspecified atom stereocenters. The lowest BCUT2D eigenvalue weighted by molar-refractivity contribution is 0.101. The number of fused-ring (bicyclic) bond motifs is 2. The van der Waals surface area contributed by atoms with Crippen LogP contribution in [0.4, 0.5) is 17.5 Å². The number of anilines is 3. The van der Waals surface area contributed by atoms with Crippen molar-refractivity contribution in [2.24, 2.45) is 0 Å². The van der Waals surface area contributed by atoms with Gasteiger partial charge in [-0.2, -0.15) is 0 Å². The number of halogens is 2. The number of rotatable bonds is 19. The van der Waals surface area contributed by atoms with Crippen LogP contribution in [-0.4, -0.2) is 200 Å². The summed E-state index contributed by atoms with van der Waals surface area (Å²) in [6.45, 7) is 26.6. The van der Waals surface area contributed by atoms with Crippen molar-refractivity contribution in [3.63, 3.8) is 0 Å². The Balaban J connectivity index is 0.700. The maximum Gasteiger partial charge on any atom is 0.139 e. The number of piperidine rings is 3. The van der Waals surface area contributed by atoms with Crippen molar-refractivity contribution in [2.75, 3.05) is 135 Å². The van der Waals surface area contributed by atoms with Gasteiger partial charge in [-0.15, -0.1) is 0 Å². The lowest BCUT2D eigenvalue weighted by atomic mass is 9.89. The average Bonchev–Trinajstić information content (AvgIpc) is 1.46. The standard InChI is InChI=1S/C79H106Br2N18O/c1-11-100-52-66-75(64-26-13-24-62(90(64)9)73-54(3)20-17-34-84-73)87-68-50-58(51-71(97(66)68)96-41-37-88(7)38-42-96)49-56(5)93-45-47-95(48-46-93)70-31-30-59(79(82)99(70)77(80)57(6)60-22-12-23-61(89(60)8)72-53(2)19-16-33-83-72)32-36-92-39-43-94(44-40-92)69-29-15-28-67-86-76(78(81)98(67)69)65-27-14-25-63(91(65)10)74-55(4)21-18-35-85-74/h15-21,28-31,33-35,50-51,56,60-65,82H,11-14,22-27,32,36-49,52H2,1-10H3/b77-57+,82-79?/t56?,60-,61+,62+,63+,64-,65-/m1/s1. The van der Waals surface area contributed by atoms with Crippen LogP contribution >= 0.6 is 31.9 Å². The minimum absolute atomic E-state index is 0.145. The van der Waals surface area contributed by atoms with E-state index in [9.17, 15) is 5.41 Å². The molecule has 0 spiro atoms. The molecule has 19 nitrogen and oxygen atoms in total. The number of hydrogen-bond donors (Lipinski definition) is 1. The number of hydrogen-bond acceptors (Lipinski definition) is 16. The molecule has 6 aliphatic rings. The lowest BCUT2D eigenvalue weighted by Gasteiger charge is -2.42. The number of likely N-dealkylation sites (N-methyl/N-ethyl adjacent to an activating group) is 2. The largest absolute Gasteiger partial charge is 0.375 e. The molecule has 21 heteroatoms. The summed E-state index contributed by atoms with van der Waals surface area (Å²) >= 11 is 8.43. The monoisotopic (exact) mass is 1480 g/mol. The Hall–Kier alpha value is -6.40. The molecular weight excluding hydrogens is 1380 g/mol. The second-order valence-corrected chi connectivity index (χ2v) is 31.2. The Morgan fingerprint density at radius 1 is 0.570 bits per heavy atom. The molecule has 14 heterocycles. The molecular formula is C79H106Br2N18O. The summed E-state index contributed by atoms with van der Waals surface area (Å²) in [5.74, 6) is 3.48. The molecule has 14 rings (SSSR count). The smallest absolute Gasteiger partial charge is 0.139 e. The first-order valence-corrected chi connectivity index (χ1v) is 38.9. The van der Waals surface area contributed by atoms with E-state index in [1.54, 1.807) is 0 Å². The molecule has 7 atom stereocenters. The molecule has 1 N–H and O–H groups in total. The van der Waals surface area contributed by atoms with E-state index in [1.807, 2.05) is 30.7 Å². The van der Waals surface area contributed by atoms with Gasteiger partial charge in [-0.25, -0.2) is 9.97 Å². The second kappa shape index (κ2) is 30.9. The van der Waals surface area contributed by atoms with Gasteiger partial charge in [0.2, 0.25) is 0 Å². The Kier molecular flexibility index (Phi) is 21.8. The number of aryl methyl sites for hydroxylation is 3. The fourth-order valence-corrected chi connectivity index (χ4v) is 19.1. The van der Waals surface area contributed by atoms with Crippen LogP contribution < -0.4 is 20.2 Å². The number of piperazine rings is 3. The van der Waals surface area contributed by atoms with Crippen LogP contribution in [0.2, 0.25) is 0 Å². The fourth-order valence-electron chi connectivity index (χ4n) is 17.8. The zero-order valence-corrected chi connectivity index (χ0v) is 64.1. The molecule has 8 aromatic heterocycles. The zero-order chi connectivity index (χ0) is 69.5.